The van der Waals surface area contributed by atoms with Crippen molar-refractivity contribution in [2.75, 3.05) is 0 Å². The molecule has 0 fully saturated rings. The Labute approximate surface area is 628 Å². The summed E-state index contributed by atoms with van der Waals surface area (Å²) in [5.41, 5.74) is 34.6. The van der Waals surface area contributed by atoms with Crippen molar-refractivity contribution in [2.24, 2.45) is 0 Å². The molecule has 0 unspecified atom stereocenters. The summed E-state index contributed by atoms with van der Waals surface area (Å²) in [6, 6.07) is 115. The summed E-state index contributed by atoms with van der Waals surface area (Å²) >= 11 is 6.07. The molecule has 22 rings (SSSR count). The Kier molecular flexibility index (Phi) is 15.5. The molecule has 6 heterocycles. The summed E-state index contributed by atoms with van der Waals surface area (Å²) in [5, 5.41) is 9.20. The molecule has 1 N–H and O–H groups in total. The fraction of sp³-hybridized carbons (Fsp3) is 0.0208. The summed E-state index contributed by atoms with van der Waals surface area (Å²) in [6.45, 7) is 0. The number of halogens is 1. The molecule has 4 aliphatic rings. The molecule has 0 bridgehead atoms. The smallest absolute Gasteiger partial charge is 0.537 e. The van der Waals surface area contributed by atoms with E-state index in [1.807, 2.05) is 85.1 Å². The largest absolute Gasteiger partial charge is 0.569 e. The van der Waals surface area contributed by atoms with Crippen molar-refractivity contribution in [3.8, 4) is 129 Å². The van der Waals surface area contributed by atoms with E-state index in [1.54, 1.807) is 24.7 Å². The molecule has 10 nitrogen and oxygen atoms in total. The van der Waals surface area contributed by atoms with Crippen LogP contribution in [0.3, 0.4) is 0 Å². The fourth-order valence-corrected chi connectivity index (χ4v) is 17.0. The Morgan fingerprint density at radius 2 is 0.639 bits per heavy atom. The number of pyridine rings is 4. The molecule has 18 aromatic rings. The Bertz CT molecular complexity index is 6430. The van der Waals surface area contributed by atoms with Gasteiger partial charge in [0.2, 0.25) is 23.2 Å². The van der Waals surface area contributed by atoms with Gasteiger partial charge in [-0.05, 0) is 214 Å². The Morgan fingerprint density at radius 3 is 1.05 bits per heavy atom. The van der Waals surface area contributed by atoms with E-state index in [-0.39, 0.29) is 5.41 Å². The van der Waals surface area contributed by atoms with Crippen LogP contribution in [0.15, 0.2) is 361 Å². The molecule has 1 radical (unpaired) electrons. The van der Waals surface area contributed by atoms with Crippen molar-refractivity contribution >= 4 is 41.7 Å². The first-order chi connectivity index (χ1) is 53.4. The summed E-state index contributed by atoms with van der Waals surface area (Å²) in [6.07, 6.45) is 7.19. The molecular weight excluding hydrogens is 1350 g/mol. The molecule has 12 heteroatoms. The van der Waals surface area contributed by atoms with Crippen LogP contribution in [0.2, 0.25) is 5.02 Å². The van der Waals surface area contributed by atoms with Gasteiger partial charge >= 0.3 is 7.69 Å². The number of oxazole rings is 2. The maximum Gasteiger partial charge on any atom is 0.569 e. The first-order valence-corrected chi connectivity index (χ1v) is 36.2. The van der Waals surface area contributed by atoms with E-state index in [4.69, 9.17) is 45.1 Å². The van der Waals surface area contributed by atoms with Gasteiger partial charge in [-0.1, -0.05) is 236 Å². The lowest BCUT2D eigenvalue weighted by atomic mass is 9.70. The van der Waals surface area contributed by atoms with Crippen molar-refractivity contribution in [2.45, 2.75) is 10.8 Å². The number of rotatable bonds is 9. The second-order valence-corrected chi connectivity index (χ2v) is 27.7. The molecule has 12 aromatic carbocycles. The number of fused-ring (bicyclic) bond motifs is 22. The van der Waals surface area contributed by atoms with Crippen LogP contribution in [0.5, 0.6) is 5.75 Å². The van der Waals surface area contributed by atoms with E-state index in [2.05, 4.69) is 258 Å². The van der Waals surface area contributed by atoms with Gasteiger partial charge in [0.15, 0.2) is 0 Å². The maximum atomic E-state index is 8.52. The topological polar surface area (TPSA) is 133 Å². The Balaban J connectivity index is 0.000000122. The highest BCUT2D eigenvalue weighted by Crippen LogP contribution is 2.65. The highest BCUT2D eigenvalue weighted by Gasteiger charge is 2.53. The lowest BCUT2D eigenvalue weighted by Crippen LogP contribution is -2.25. The van der Waals surface area contributed by atoms with Crippen LogP contribution in [-0.4, -0.2) is 42.6 Å². The summed E-state index contributed by atoms with van der Waals surface area (Å²) in [7, 11) is 0.669. The predicted molar refractivity (Wildman–Crippen MR) is 430 cm³/mol. The first kappa shape index (κ1) is 63.9. The van der Waals surface area contributed by atoms with Gasteiger partial charge in [-0.3, -0.25) is 9.97 Å². The van der Waals surface area contributed by atoms with Gasteiger partial charge < -0.3 is 18.5 Å². The minimum absolute atomic E-state index is 0.382. The molecule has 0 saturated heterocycles. The van der Waals surface area contributed by atoms with Crippen LogP contribution >= 0.6 is 11.6 Å². The van der Waals surface area contributed by atoms with Crippen molar-refractivity contribution in [3.05, 3.63) is 402 Å². The van der Waals surface area contributed by atoms with Crippen LogP contribution in [0.25, 0.3) is 146 Å². The van der Waals surface area contributed by atoms with E-state index in [1.165, 1.54) is 89.0 Å². The molecule has 0 atom stereocenters. The molecule has 0 aliphatic heterocycles. The molecule has 6 aromatic heterocycles. The zero-order chi connectivity index (χ0) is 71.9. The van der Waals surface area contributed by atoms with E-state index in [9.17, 15) is 0 Å². The van der Waals surface area contributed by atoms with Crippen LogP contribution < -0.4 is 4.65 Å². The van der Waals surface area contributed by atoms with Gasteiger partial charge in [-0.2, -0.15) is 0 Å². The van der Waals surface area contributed by atoms with E-state index in [0.29, 0.717) is 41.7 Å². The molecule has 2 spiro atoms. The second kappa shape index (κ2) is 26.2. The summed E-state index contributed by atoms with van der Waals surface area (Å²) in [5.74, 6) is 1.68. The van der Waals surface area contributed by atoms with Gasteiger partial charge in [0.1, 0.15) is 16.8 Å². The van der Waals surface area contributed by atoms with Gasteiger partial charge in [0.05, 0.1) is 22.2 Å². The molecule has 108 heavy (non-hydrogen) atoms. The zero-order valence-electron chi connectivity index (χ0n) is 57.8. The van der Waals surface area contributed by atoms with E-state index >= 15 is 0 Å². The summed E-state index contributed by atoms with van der Waals surface area (Å²) in [4.78, 5) is 27.8. The third-order valence-corrected chi connectivity index (χ3v) is 21.8. The highest BCUT2D eigenvalue weighted by molar-refractivity contribution is 6.30. The fourth-order valence-electron chi connectivity index (χ4n) is 16.9. The minimum atomic E-state index is -0.398. The zero-order valence-corrected chi connectivity index (χ0v) is 58.6. The van der Waals surface area contributed by atoms with Crippen molar-refractivity contribution in [3.63, 3.8) is 0 Å². The molecule has 0 amide bonds. The molecule has 4 aliphatic carbocycles. The predicted octanol–water partition coefficient (Wildman–Crippen LogP) is 22.8. The number of hydrogen-bond acceptors (Lipinski definition) is 10. The molecule has 0 saturated carbocycles. The maximum absolute atomic E-state index is 8.52. The van der Waals surface area contributed by atoms with Gasteiger partial charge in [-0.15, -0.1) is 0 Å². The lowest BCUT2D eigenvalue weighted by molar-refractivity contribution is 0.454. The van der Waals surface area contributed by atoms with Crippen LogP contribution in [0.4, 0.5) is 0 Å². The SMILES string of the molecule is Clc1ccc(-c2nc3ccc(-c4ccc5c(c4)C4(c6ccccc6-c6ccccc64)c4ccccc4-5)nc3o2)cc1.O[B]Oc1cccc(-c2cccnc2)c1.c1cncc(-c2cccc(-c3ccc(-c4nc5ccc(-c6ccc7c(c6)C6(c8ccccc8-c8ccccc86)c6ccccc6-7)nc5o4)cc3)c2)c1. The molecule has 507 valence electrons. The standard InChI is InChI=1S/C48H29N3O.C37H21ClN2O.C11H9BNO2/c1-4-15-40-36(12-1)37-13-2-5-16-41(37)48(40)42-17-6-3-14-38(42)39-23-22-34(28-43(39)48)44-24-25-45-47(50-44)52-46(51-45)31-20-18-30(19-21-31)32-9-7-10-33(27-32)35-11-8-26-49-29-35;38-24-16-13-22(14-17-24)35-40-34-20-19-33(39-36(34)41-35)23-15-18-28-27-9-3-6-12-31(27)37(32(28)21-23)29-10-4-1-7-25(29)26-8-2-5-11-30(26)37;14-12-15-11-5-1-3-9(7-11)10-4-2-6-13-8-10/h1-29H;1-21H;1-8,14H. The van der Waals surface area contributed by atoms with Crippen molar-refractivity contribution in [1.82, 2.24) is 29.9 Å². The highest BCUT2D eigenvalue weighted by atomic mass is 35.5. The molecular formula is C96H59BClN6O4. The average molecular weight is 1410 g/mol. The Morgan fingerprint density at radius 1 is 0.287 bits per heavy atom. The van der Waals surface area contributed by atoms with Gasteiger partial charge in [0.25, 0.3) is 0 Å². The number of aromatic nitrogens is 6. The van der Waals surface area contributed by atoms with Crippen molar-refractivity contribution in [1.29, 1.82) is 0 Å². The first-order valence-electron chi connectivity index (χ1n) is 35.8. The normalized spacial score (nSPS) is 12.9. The Hall–Kier alpha value is -13.7. The lowest BCUT2D eigenvalue weighted by Gasteiger charge is -2.30. The van der Waals surface area contributed by atoms with E-state index in [0.717, 1.165) is 78.1 Å². The second-order valence-electron chi connectivity index (χ2n) is 27.3. The van der Waals surface area contributed by atoms with Crippen LogP contribution in [0.1, 0.15) is 44.5 Å². The van der Waals surface area contributed by atoms with E-state index < -0.39 is 5.41 Å². The van der Waals surface area contributed by atoms with Crippen LogP contribution in [0, 0.1) is 0 Å². The van der Waals surface area contributed by atoms with Gasteiger partial charge in [-0.25, -0.2) is 19.9 Å². The minimum Gasteiger partial charge on any atom is -0.537 e. The average Bonchev–Trinajstić information content (AvgIpc) is 1.52. The van der Waals surface area contributed by atoms with Crippen LogP contribution in [-0.2, 0) is 10.8 Å². The third-order valence-electron chi connectivity index (χ3n) is 21.5. The summed E-state index contributed by atoms with van der Waals surface area (Å²) < 4.78 is 17.3. The third kappa shape index (κ3) is 10.5. The quantitative estimate of drug-likeness (QED) is 0.139. The van der Waals surface area contributed by atoms with Crippen molar-refractivity contribution < 1.29 is 18.5 Å². The van der Waals surface area contributed by atoms with Gasteiger partial charge in [0, 0.05) is 63.2 Å². The number of benzene rings is 12. The monoisotopic (exact) mass is 1410 g/mol. The number of nitrogens with zero attached hydrogens (tertiary/aromatic N) is 6. The number of hydrogen-bond donors (Lipinski definition) is 1.